The molecule has 94 valence electrons. The number of hydrogen-bond acceptors (Lipinski definition) is 3. The van der Waals surface area contributed by atoms with Crippen molar-refractivity contribution in [3.05, 3.63) is 33.2 Å². The lowest BCUT2D eigenvalue weighted by atomic mass is 10.3. The first-order chi connectivity index (χ1) is 7.71. The minimum Gasteiger partial charge on any atom is -0.487 e. The van der Waals surface area contributed by atoms with Crippen LogP contribution in [0.1, 0.15) is 0 Å². The normalized spacial score (nSPS) is 11.3. The zero-order chi connectivity index (χ0) is 13.2. The van der Waals surface area contributed by atoms with Crippen LogP contribution in [-0.4, -0.2) is 15.0 Å². The summed E-state index contributed by atoms with van der Waals surface area (Å²) in [4.78, 5) is -0.254. The molecule has 0 amide bonds. The van der Waals surface area contributed by atoms with E-state index in [1.165, 1.54) is 6.07 Å². The second-order valence-electron chi connectivity index (χ2n) is 2.96. The van der Waals surface area contributed by atoms with E-state index < -0.39 is 9.05 Å². The fourth-order valence-electron chi connectivity index (χ4n) is 0.964. The van der Waals surface area contributed by atoms with Crippen LogP contribution in [0.4, 0.5) is 0 Å². The molecule has 8 heteroatoms. The van der Waals surface area contributed by atoms with Crippen molar-refractivity contribution in [3.63, 3.8) is 0 Å². The monoisotopic (exact) mass is 378 g/mol. The van der Waals surface area contributed by atoms with Gasteiger partial charge in [0.25, 0.3) is 9.05 Å². The van der Waals surface area contributed by atoms with Gasteiger partial charge in [-0.15, -0.1) is 0 Å². The van der Waals surface area contributed by atoms with Crippen molar-refractivity contribution in [2.24, 2.45) is 0 Å². The highest BCUT2D eigenvalue weighted by Crippen LogP contribution is 2.35. The third kappa shape index (κ3) is 4.34. The predicted octanol–water partition coefficient (Wildman–Crippen LogP) is 4.21. The molecule has 0 fully saturated rings. The molecule has 0 radical (unpaired) electrons. The second-order valence-corrected chi connectivity index (χ2v) is 7.43. The highest BCUT2D eigenvalue weighted by Gasteiger charge is 2.18. The van der Waals surface area contributed by atoms with Crippen molar-refractivity contribution < 1.29 is 13.2 Å². The summed E-state index contributed by atoms with van der Waals surface area (Å²) in [5, 5.41) is 0.0435. The fraction of sp³-hybridized carbons (Fsp3) is 0.111. The van der Waals surface area contributed by atoms with E-state index in [1.54, 1.807) is 0 Å². The van der Waals surface area contributed by atoms with E-state index >= 15 is 0 Å². The maximum Gasteiger partial charge on any atom is 0.262 e. The Hall–Kier alpha value is 0.0600. The molecule has 1 aromatic rings. The van der Waals surface area contributed by atoms with Gasteiger partial charge in [0.1, 0.15) is 17.3 Å². The Labute approximate surface area is 122 Å². The van der Waals surface area contributed by atoms with Gasteiger partial charge >= 0.3 is 0 Å². The molecule has 0 bridgehead atoms. The lowest BCUT2D eigenvalue weighted by Gasteiger charge is -2.09. The zero-order valence-electron chi connectivity index (χ0n) is 8.21. The van der Waals surface area contributed by atoms with Crippen LogP contribution in [0.3, 0.4) is 0 Å². The minimum atomic E-state index is -3.93. The lowest BCUT2D eigenvalue weighted by molar-refractivity contribution is 0.361. The Morgan fingerprint density at radius 1 is 1.35 bits per heavy atom. The summed E-state index contributed by atoms with van der Waals surface area (Å²) in [7, 11) is 1.25. The van der Waals surface area contributed by atoms with Crippen LogP contribution in [0.2, 0.25) is 10.0 Å². The number of ether oxygens (including phenoxy) is 1. The first-order valence-electron chi connectivity index (χ1n) is 4.11. The highest BCUT2D eigenvalue weighted by molar-refractivity contribution is 9.11. The van der Waals surface area contributed by atoms with Crippen molar-refractivity contribution in [1.29, 1.82) is 0 Å². The molecule has 3 nitrogen and oxygen atoms in total. The van der Waals surface area contributed by atoms with Crippen molar-refractivity contribution >= 4 is 58.9 Å². The van der Waals surface area contributed by atoms with Gasteiger partial charge in [-0.05, 0) is 6.07 Å². The molecule has 0 saturated heterocycles. The van der Waals surface area contributed by atoms with Gasteiger partial charge in [-0.25, -0.2) is 8.42 Å². The van der Waals surface area contributed by atoms with Gasteiger partial charge in [-0.1, -0.05) is 45.7 Å². The van der Waals surface area contributed by atoms with E-state index in [9.17, 15) is 8.42 Å². The smallest absolute Gasteiger partial charge is 0.262 e. The summed E-state index contributed by atoms with van der Waals surface area (Å²) in [6, 6.07) is 2.42. The Morgan fingerprint density at radius 2 is 1.94 bits per heavy atom. The van der Waals surface area contributed by atoms with Gasteiger partial charge in [-0.2, -0.15) is 0 Å². The van der Waals surface area contributed by atoms with Gasteiger partial charge in [-0.3, -0.25) is 0 Å². The van der Waals surface area contributed by atoms with E-state index in [1.807, 2.05) is 0 Å². The SMILES string of the molecule is C=C(Br)COc1cc(Cl)c(S(=O)(=O)Cl)cc1Cl. The van der Waals surface area contributed by atoms with Gasteiger partial charge in [0, 0.05) is 21.2 Å². The first kappa shape index (κ1) is 15.1. The molecule has 0 N–H and O–H groups in total. The van der Waals surface area contributed by atoms with Crippen LogP contribution in [0.5, 0.6) is 5.75 Å². The van der Waals surface area contributed by atoms with E-state index in [4.69, 9.17) is 38.6 Å². The zero-order valence-corrected chi connectivity index (χ0v) is 12.9. The molecular weight excluding hydrogens is 374 g/mol. The minimum absolute atomic E-state index is 0.0559. The van der Waals surface area contributed by atoms with Crippen LogP contribution in [-0.2, 0) is 9.05 Å². The summed E-state index contributed by atoms with van der Waals surface area (Å²) in [5.74, 6) is 0.251. The highest BCUT2D eigenvalue weighted by atomic mass is 79.9. The fourth-order valence-corrected chi connectivity index (χ4v) is 2.87. The molecule has 0 atom stereocenters. The molecule has 0 spiro atoms. The summed E-state index contributed by atoms with van der Waals surface area (Å²) in [6.45, 7) is 3.76. The molecule has 0 aliphatic heterocycles. The molecule has 0 unspecified atom stereocenters. The summed E-state index contributed by atoms with van der Waals surface area (Å²) >= 11 is 14.7. The number of hydrogen-bond donors (Lipinski definition) is 0. The maximum absolute atomic E-state index is 11.1. The molecule has 0 aromatic heterocycles. The topological polar surface area (TPSA) is 43.4 Å². The average molecular weight is 380 g/mol. The van der Waals surface area contributed by atoms with Gasteiger partial charge in [0.05, 0.1) is 10.0 Å². The van der Waals surface area contributed by atoms with E-state index in [0.717, 1.165) is 6.07 Å². The van der Waals surface area contributed by atoms with Gasteiger partial charge in [0.2, 0.25) is 0 Å². The largest absolute Gasteiger partial charge is 0.487 e. The molecule has 0 aliphatic carbocycles. The first-order valence-corrected chi connectivity index (χ1v) is 7.97. The van der Waals surface area contributed by atoms with E-state index in [0.29, 0.717) is 4.48 Å². The molecule has 0 heterocycles. The van der Waals surface area contributed by atoms with Crippen molar-refractivity contribution in [2.45, 2.75) is 4.90 Å². The molecular formula is C9H6BrCl3O3S. The Kier molecular flexibility index (Phi) is 5.16. The van der Waals surface area contributed by atoms with Crippen molar-refractivity contribution in [2.75, 3.05) is 6.61 Å². The third-order valence-electron chi connectivity index (χ3n) is 1.63. The molecule has 0 aliphatic rings. The van der Waals surface area contributed by atoms with Crippen LogP contribution in [0.25, 0.3) is 0 Å². The Bertz CT molecular complexity index is 557. The molecule has 1 aromatic carbocycles. The quantitative estimate of drug-likeness (QED) is 0.735. The summed E-state index contributed by atoms with van der Waals surface area (Å²) < 4.78 is 28.1. The maximum atomic E-state index is 11.1. The van der Waals surface area contributed by atoms with E-state index in [2.05, 4.69) is 22.5 Å². The number of rotatable bonds is 4. The van der Waals surface area contributed by atoms with Gasteiger partial charge in [0.15, 0.2) is 0 Å². The van der Waals surface area contributed by atoms with Gasteiger partial charge < -0.3 is 4.74 Å². The molecule has 17 heavy (non-hydrogen) atoms. The van der Waals surface area contributed by atoms with Crippen molar-refractivity contribution in [3.8, 4) is 5.75 Å². The number of benzene rings is 1. The second kappa shape index (κ2) is 5.80. The van der Waals surface area contributed by atoms with Crippen LogP contribution < -0.4 is 4.74 Å². The average Bonchev–Trinajstić information content (AvgIpc) is 2.17. The van der Waals surface area contributed by atoms with Crippen LogP contribution in [0.15, 0.2) is 28.1 Å². The summed E-state index contributed by atoms with van der Waals surface area (Å²) in [6.07, 6.45) is 0. The van der Waals surface area contributed by atoms with Crippen molar-refractivity contribution in [1.82, 2.24) is 0 Å². The standard InChI is InChI=1S/C9H6BrCl3O3S/c1-5(10)4-16-8-2-7(12)9(3-6(8)11)17(13,14)15/h2-3H,1,4H2. The predicted molar refractivity (Wildman–Crippen MR) is 73.1 cm³/mol. The Balaban J connectivity index is 3.14. The molecule has 1 rings (SSSR count). The molecule has 0 saturated carbocycles. The Morgan fingerprint density at radius 3 is 2.41 bits per heavy atom. The van der Waals surface area contributed by atoms with Crippen LogP contribution in [0, 0.1) is 0 Å². The lowest BCUT2D eigenvalue weighted by Crippen LogP contribution is -1.99. The number of halogens is 4. The van der Waals surface area contributed by atoms with E-state index in [-0.39, 0.29) is 27.3 Å². The third-order valence-corrected chi connectivity index (χ3v) is 3.94. The van der Waals surface area contributed by atoms with Crippen LogP contribution >= 0.6 is 49.8 Å². The summed E-state index contributed by atoms with van der Waals surface area (Å²) in [5.41, 5.74) is 0.